The predicted octanol–water partition coefficient (Wildman–Crippen LogP) is 7.41. The number of esters is 1. The average molecular weight is 626 g/mol. The molecule has 0 bridgehead atoms. The molecular formula is C33H27N3O6S2. The van der Waals surface area contributed by atoms with Crippen molar-refractivity contribution in [1.82, 2.24) is 0 Å². The number of hydrogen-bond donors (Lipinski definition) is 3. The van der Waals surface area contributed by atoms with E-state index >= 15 is 0 Å². The molecule has 9 nitrogen and oxygen atoms in total. The van der Waals surface area contributed by atoms with Crippen LogP contribution in [0, 0.1) is 6.92 Å². The summed E-state index contributed by atoms with van der Waals surface area (Å²) in [6, 6.07) is 28.4. The molecule has 3 N–H and O–H groups in total. The van der Waals surface area contributed by atoms with Crippen molar-refractivity contribution in [3.8, 4) is 0 Å². The van der Waals surface area contributed by atoms with Gasteiger partial charge in [0.2, 0.25) is 5.91 Å². The fourth-order valence-corrected chi connectivity index (χ4v) is 6.51. The van der Waals surface area contributed by atoms with Gasteiger partial charge in [-0.2, -0.15) is 0 Å². The van der Waals surface area contributed by atoms with Gasteiger partial charge in [-0.1, -0.05) is 54.6 Å². The molecule has 0 spiro atoms. The van der Waals surface area contributed by atoms with Gasteiger partial charge in [0.1, 0.15) is 10.3 Å². The van der Waals surface area contributed by atoms with Gasteiger partial charge in [0, 0.05) is 16.3 Å². The third-order valence-electron chi connectivity index (χ3n) is 6.44. The SMILES string of the molecule is COC(=O)c1c(NC(=O)C(Sc2cccc(NC(=O)c3ccco3)c2)c2ccccc2)sc(C(=O)Nc2ccccc2)c1C. The smallest absolute Gasteiger partial charge is 0.341 e. The highest BCUT2D eigenvalue weighted by atomic mass is 32.2. The van der Waals surface area contributed by atoms with Crippen molar-refractivity contribution < 1.29 is 28.3 Å². The van der Waals surface area contributed by atoms with Crippen LogP contribution in [-0.2, 0) is 9.53 Å². The maximum atomic E-state index is 13.9. The molecule has 0 aliphatic carbocycles. The first-order valence-electron chi connectivity index (χ1n) is 13.4. The summed E-state index contributed by atoms with van der Waals surface area (Å²) in [5, 5.41) is 7.97. The lowest BCUT2D eigenvalue weighted by molar-refractivity contribution is -0.115. The number of rotatable bonds is 10. The number of ether oxygens (including phenoxy) is 1. The molecule has 5 aromatic rings. The van der Waals surface area contributed by atoms with E-state index in [0.717, 1.165) is 16.9 Å². The van der Waals surface area contributed by atoms with E-state index in [4.69, 9.17) is 9.15 Å². The quantitative estimate of drug-likeness (QED) is 0.109. The average Bonchev–Trinajstić information content (AvgIpc) is 3.69. The highest BCUT2D eigenvalue weighted by Gasteiger charge is 2.29. The van der Waals surface area contributed by atoms with E-state index in [1.807, 2.05) is 42.5 Å². The van der Waals surface area contributed by atoms with Crippen LogP contribution in [0.5, 0.6) is 0 Å². The van der Waals surface area contributed by atoms with Crippen LogP contribution in [-0.4, -0.2) is 30.8 Å². The van der Waals surface area contributed by atoms with Gasteiger partial charge in [0.25, 0.3) is 11.8 Å². The minimum absolute atomic E-state index is 0.114. The molecule has 0 fully saturated rings. The fourth-order valence-electron chi connectivity index (χ4n) is 4.34. The monoisotopic (exact) mass is 625 g/mol. The third kappa shape index (κ3) is 7.08. The van der Waals surface area contributed by atoms with Gasteiger partial charge in [0.05, 0.1) is 23.8 Å². The molecule has 3 aromatic carbocycles. The van der Waals surface area contributed by atoms with E-state index in [9.17, 15) is 19.2 Å². The molecule has 44 heavy (non-hydrogen) atoms. The van der Waals surface area contributed by atoms with Gasteiger partial charge in [-0.25, -0.2) is 4.79 Å². The van der Waals surface area contributed by atoms with E-state index in [1.165, 1.54) is 25.1 Å². The van der Waals surface area contributed by atoms with Crippen LogP contribution >= 0.6 is 23.1 Å². The van der Waals surface area contributed by atoms with Gasteiger partial charge < -0.3 is 25.1 Å². The van der Waals surface area contributed by atoms with Crippen LogP contribution in [0.4, 0.5) is 16.4 Å². The minimum atomic E-state index is -0.748. The Bertz CT molecular complexity index is 1790. The molecule has 0 saturated heterocycles. The molecule has 1 unspecified atom stereocenters. The predicted molar refractivity (Wildman–Crippen MR) is 172 cm³/mol. The van der Waals surface area contributed by atoms with E-state index in [-0.39, 0.29) is 21.2 Å². The molecular weight excluding hydrogens is 599 g/mol. The zero-order valence-electron chi connectivity index (χ0n) is 23.7. The van der Waals surface area contributed by atoms with Gasteiger partial charge in [0.15, 0.2) is 5.76 Å². The Hall–Kier alpha value is -5.13. The summed E-state index contributed by atoms with van der Waals surface area (Å²) < 4.78 is 10.2. The molecule has 1 atom stereocenters. The molecule has 11 heteroatoms. The van der Waals surface area contributed by atoms with Crippen molar-refractivity contribution in [3.63, 3.8) is 0 Å². The number of anilines is 3. The molecule has 0 aliphatic rings. The number of nitrogens with one attached hydrogen (secondary N) is 3. The topological polar surface area (TPSA) is 127 Å². The summed E-state index contributed by atoms with van der Waals surface area (Å²) in [5.41, 5.74) is 2.35. The lowest BCUT2D eigenvalue weighted by Crippen LogP contribution is -2.20. The largest absolute Gasteiger partial charge is 0.465 e. The summed E-state index contributed by atoms with van der Waals surface area (Å²) in [6.07, 6.45) is 1.42. The van der Waals surface area contributed by atoms with Crippen molar-refractivity contribution in [1.29, 1.82) is 0 Å². The fraction of sp³-hybridized carbons (Fsp3) is 0.0909. The molecule has 2 aromatic heterocycles. The zero-order chi connectivity index (χ0) is 31.1. The number of thiophene rings is 1. The number of para-hydroxylation sites is 1. The standard InChI is InChI=1S/C33H27N3O6S2/c1-20-26(33(40)41-2)32(44-27(20)30(38)34-22-13-7-4-8-14-22)36-31(39)28(21-11-5-3-6-12-21)43-24-16-9-15-23(19-24)35-29(37)25-17-10-18-42-25/h3-19,28H,1-2H3,(H,34,38)(H,35,37)(H,36,39). The van der Waals surface area contributed by atoms with Crippen molar-refractivity contribution in [2.75, 3.05) is 23.1 Å². The van der Waals surface area contributed by atoms with Crippen molar-refractivity contribution >= 4 is 63.2 Å². The third-order valence-corrected chi connectivity index (χ3v) is 8.90. The Balaban J connectivity index is 1.42. The summed E-state index contributed by atoms with van der Waals surface area (Å²) in [4.78, 5) is 53.4. The lowest BCUT2D eigenvalue weighted by Gasteiger charge is -2.17. The van der Waals surface area contributed by atoms with Crippen LogP contribution in [0.15, 0.2) is 113 Å². The first-order valence-corrected chi connectivity index (χ1v) is 15.1. The number of amides is 3. The second kappa shape index (κ2) is 13.9. The molecule has 222 valence electrons. The van der Waals surface area contributed by atoms with Crippen molar-refractivity contribution in [2.24, 2.45) is 0 Å². The van der Waals surface area contributed by atoms with E-state index in [0.29, 0.717) is 21.8 Å². The van der Waals surface area contributed by atoms with Crippen molar-refractivity contribution in [2.45, 2.75) is 17.1 Å². The maximum absolute atomic E-state index is 13.9. The molecule has 3 amide bonds. The summed E-state index contributed by atoms with van der Waals surface area (Å²) in [7, 11) is 1.25. The molecule has 2 heterocycles. The van der Waals surface area contributed by atoms with E-state index in [2.05, 4.69) is 16.0 Å². The second-order valence-electron chi connectivity index (χ2n) is 9.43. The Labute approximate surface area is 261 Å². The van der Waals surface area contributed by atoms with E-state index < -0.39 is 28.9 Å². The zero-order valence-corrected chi connectivity index (χ0v) is 25.3. The molecule has 0 aliphatic heterocycles. The minimum Gasteiger partial charge on any atom is -0.465 e. The highest BCUT2D eigenvalue weighted by Crippen LogP contribution is 2.40. The Morgan fingerprint density at radius 1 is 0.795 bits per heavy atom. The Morgan fingerprint density at radius 3 is 2.16 bits per heavy atom. The van der Waals surface area contributed by atoms with Crippen LogP contribution in [0.25, 0.3) is 0 Å². The van der Waals surface area contributed by atoms with Crippen LogP contribution in [0.2, 0.25) is 0 Å². The number of thioether (sulfide) groups is 1. The summed E-state index contributed by atoms with van der Waals surface area (Å²) >= 11 is 2.27. The number of hydrogen-bond acceptors (Lipinski definition) is 8. The van der Waals surface area contributed by atoms with Crippen LogP contribution in [0.1, 0.15) is 47.0 Å². The van der Waals surface area contributed by atoms with Gasteiger partial charge in [-0.15, -0.1) is 23.1 Å². The number of carbonyl (C=O) groups excluding carboxylic acids is 4. The van der Waals surface area contributed by atoms with Gasteiger partial charge in [-0.3, -0.25) is 14.4 Å². The lowest BCUT2D eigenvalue weighted by atomic mass is 10.1. The van der Waals surface area contributed by atoms with E-state index in [1.54, 1.807) is 61.5 Å². The number of methoxy groups -OCH3 is 1. The summed E-state index contributed by atoms with van der Waals surface area (Å²) in [6.45, 7) is 1.64. The number of benzene rings is 3. The Morgan fingerprint density at radius 2 is 1.48 bits per heavy atom. The van der Waals surface area contributed by atoms with Crippen LogP contribution < -0.4 is 16.0 Å². The summed E-state index contributed by atoms with van der Waals surface area (Å²) in [5.74, 6) is -1.71. The molecule has 5 rings (SSSR count). The van der Waals surface area contributed by atoms with Crippen LogP contribution in [0.3, 0.4) is 0 Å². The van der Waals surface area contributed by atoms with Gasteiger partial charge >= 0.3 is 5.97 Å². The Kier molecular flexibility index (Phi) is 9.58. The molecule has 0 radical (unpaired) electrons. The first kappa shape index (κ1) is 30.3. The first-order chi connectivity index (χ1) is 21.3. The maximum Gasteiger partial charge on any atom is 0.341 e. The second-order valence-corrected chi connectivity index (χ2v) is 11.6. The normalized spacial score (nSPS) is 11.3. The van der Waals surface area contributed by atoms with Crippen molar-refractivity contribution in [3.05, 3.63) is 131 Å². The van der Waals surface area contributed by atoms with Gasteiger partial charge in [-0.05, 0) is 60.5 Å². The number of carbonyl (C=O) groups is 4. The number of furan rings is 1. The molecule has 0 saturated carbocycles. The highest BCUT2D eigenvalue weighted by molar-refractivity contribution is 8.00.